The van der Waals surface area contributed by atoms with Crippen LogP contribution in [-0.4, -0.2) is 43.9 Å². The first kappa shape index (κ1) is 22.1. The van der Waals surface area contributed by atoms with Gasteiger partial charge in [0.2, 0.25) is 0 Å². The minimum Gasteiger partial charge on any atom is -0.491 e. The fourth-order valence-electron chi connectivity index (χ4n) is 5.07. The minimum atomic E-state index is -0.199. The molecule has 2 aliphatic rings. The largest absolute Gasteiger partial charge is 0.491 e. The van der Waals surface area contributed by atoms with Crippen molar-refractivity contribution in [3.63, 3.8) is 0 Å². The van der Waals surface area contributed by atoms with Gasteiger partial charge in [-0.25, -0.2) is 5.10 Å². The molecule has 6 rings (SSSR count). The van der Waals surface area contributed by atoms with Crippen molar-refractivity contribution in [2.24, 2.45) is 0 Å². The lowest BCUT2D eigenvalue weighted by molar-refractivity contribution is 0.0705. The van der Waals surface area contributed by atoms with E-state index < -0.39 is 0 Å². The highest BCUT2D eigenvalue weighted by molar-refractivity contribution is 5.94. The predicted octanol–water partition coefficient (Wildman–Crippen LogP) is 3.07. The number of carbonyl (C=O) groups is 1. The number of fused-ring (bicyclic) bond motifs is 2. The number of benzene rings is 2. The first-order valence-corrected chi connectivity index (χ1v) is 12.0. The fraction of sp³-hybridized carbons (Fsp3) is 0.259. The number of hydrogen-bond donors (Lipinski definition) is 1. The van der Waals surface area contributed by atoms with E-state index in [1.165, 1.54) is 5.56 Å². The number of H-pyrrole nitrogens is 1. The van der Waals surface area contributed by atoms with Crippen LogP contribution >= 0.6 is 0 Å². The van der Waals surface area contributed by atoms with Crippen LogP contribution in [0.25, 0.3) is 0 Å². The Labute approximate surface area is 207 Å². The summed E-state index contributed by atoms with van der Waals surface area (Å²) in [4.78, 5) is 29.4. The third-order valence-corrected chi connectivity index (χ3v) is 7.03. The van der Waals surface area contributed by atoms with Gasteiger partial charge in [0.25, 0.3) is 11.5 Å². The highest BCUT2D eigenvalue weighted by Gasteiger charge is 2.32. The Morgan fingerprint density at radius 1 is 1.11 bits per heavy atom. The summed E-state index contributed by atoms with van der Waals surface area (Å²) in [6.07, 6.45) is 3.46. The number of aromatic amines is 1. The van der Waals surface area contributed by atoms with Gasteiger partial charge in [0, 0.05) is 30.4 Å². The quantitative estimate of drug-likeness (QED) is 0.470. The molecule has 1 atom stereocenters. The highest BCUT2D eigenvalue weighted by atomic mass is 16.5. The highest BCUT2D eigenvalue weighted by Crippen LogP contribution is 2.38. The summed E-state index contributed by atoms with van der Waals surface area (Å²) >= 11 is 0. The van der Waals surface area contributed by atoms with Crippen molar-refractivity contribution in [2.75, 3.05) is 18.1 Å². The summed E-state index contributed by atoms with van der Waals surface area (Å²) in [6, 6.07) is 17.4. The number of ether oxygens (including phenoxy) is 1. The van der Waals surface area contributed by atoms with Crippen molar-refractivity contribution in [2.45, 2.75) is 32.6 Å². The van der Waals surface area contributed by atoms with E-state index >= 15 is 0 Å². The second-order valence-corrected chi connectivity index (χ2v) is 9.16. The third kappa shape index (κ3) is 3.92. The molecule has 0 aliphatic carbocycles. The minimum absolute atomic E-state index is 0.0223. The van der Waals surface area contributed by atoms with Crippen LogP contribution in [0, 0.1) is 6.92 Å². The molecule has 0 bridgehead atoms. The standard InChI is InChI=1S/C27H26N6O3/c1-18-24(14-28-30-26(18)34)32-15-20-5-2-3-8-23(20)25(32)17-36-22-7-4-6-19(13-22)27(35)31-11-12-33-21(16-31)9-10-29-33/h2-10,13-14,25H,11-12,15-17H2,1H3,(H,30,34). The Morgan fingerprint density at radius 2 is 2.00 bits per heavy atom. The zero-order valence-corrected chi connectivity index (χ0v) is 19.9. The summed E-state index contributed by atoms with van der Waals surface area (Å²) < 4.78 is 8.19. The molecule has 0 radical (unpaired) electrons. The second kappa shape index (κ2) is 8.99. The molecule has 2 aromatic heterocycles. The lowest BCUT2D eigenvalue weighted by atomic mass is 10.1. The zero-order chi connectivity index (χ0) is 24.6. The van der Waals surface area contributed by atoms with Crippen LogP contribution in [0.2, 0.25) is 0 Å². The molecule has 36 heavy (non-hydrogen) atoms. The van der Waals surface area contributed by atoms with Crippen molar-refractivity contribution in [1.82, 2.24) is 24.9 Å². The van der Waals surface area contributed by atoms with E-state index in [2.05, 4.69) is 32.3 Å². The molecule has 2 aliphatic heterocycles. The van der Waals surface area contributed by atoms with Crippen LogP contribution in [0.4, 0.5) is 5.69 Å². The number of anilines is 1. The van der Waals surface area contributed by atoms with Crippen molar-refractivity contribution < 1.29 is 9.53 Å². The SMILES string of the molecule is Cc1c(N2Cc3ccccc3C2COc2cccc(C(=O)N3CCn4nccc4C3)c2)cn[nH]c1=O. The molecule has 0 spiro atoms. The van der Waals surface area contributed by atoms with E-state index in [0.29, 0.717) is 49.7 Å². The molecule has 0 saturated heterocycles. The van der Waals surface area contributed by atoms with Gasteiger partial charge in [0.05, 0.1) is 36.7 Å². The molecule has 9 heteroatoms. The Hall–Kier alpha value is -4.40. The molecule has 4 aromatic rings. The van der Waals surface area contributed by atoms with Crippen molar-refractivity contribution in [1.29, 1.82) is 0 Å². The summed E-state index contributed by atoms with van der Waals surface area (Å²) in [7, 11) is 0. The number of hydrogen-bond acceptors (Lipinski definition) is 6. The third-order valence-electron chi connectivity index (χ3n) is 7.03. The molecule has 9 nitrogen and oxygen atoms in total. The normalized spacial score (nSPS) is 16.5. The molecule has 1 N–H and O–H groups in total. The topological polar surface area (TPSA) is 96.3 Å². The Balaban J connectivity index is 1.22. The zero-order valence-electron chi connectivity index (χ0n) is 19.9. The summed E-state index contributed by atoms with van der Waals surface area (Å²) in [5.74, 6) is 0.610. The lowest BCUT2D eigenvalue weighted by Crippen LogP contribution is -2.38. The van der Waals surface area contributed by atoms with Gasteiger partial charge in [-0.15, -0.1) is 0 Å². The molecule has 0 saturated carbocycles. The van der Waals surface area contributed by atoms with Crippen LogP contribution in [0.5, 0.6) is 5.75 Å². The van der Waals surface area contributed by atoms with Crippen molar-refractivity contribution in [3.05, 3.63) is 105 Å². The molecule has 0 fully saturated rings. The van der Waals surface area contributed by atoms with Gasteiger partial charge >= 0.3 is 0 Å². The van der Waals surface area contributed by atoms with Crippen molar-refractivity contribution >= 4 is 11.6 Å². The van der Waals surface area contributed by atoms with Gasteiger partial charge in [-0.1, -0.05) is 30.3 Å². The van der Waals surface area contributed by atoms with Crippen LogP contribution in [0.1, 0.15) is 38.8 Å². The number of amides is 1. The molecule has 182 valence electrons. The Morgan fingerprint density at radius 3 is 2.92 bits per heavy atom. The van der Waals surface area contributed by atoms with Gasteiger partial charge in [-0.05, 0) is 42.3 Å². The van der Waals surface area contributed by atoms with E-state index in [0.717, 1.165) is 16.9 Å². The second-order valence-electron chi connectivity index (χ2n) is 9.16. The Bertz CT molecular complexity index is 1490. The molecule has 2 aromatic carbocycles. The number of carbonyl (C=O) groups excluding carboxylic acids is 1. The predicted molar refractivity (Wildman–Crippen MR) is 134 cm³/mol. The summed E-state index contributed by atoms with van der Waals surface area (Å²) in [5.41, 5.74) is 5.20. The maximum atomic E-state index is 13.2. The van der Waals surface area contributed by atoms with E-state index in [1.807, 2.05) is 46.0 Å². The molecule has 1 amide bonds. The number of aromatic nitrogens is 4. The van der Waals surface area contributed by atoms with E-state index in [-0.39, 0.29) is 17.5 Å². The van der Waals surface area contributed by atoms with Crippen LogP contribution in [-0.2, 0) is 19.6 Å². The maximum Gasteiger partial charge on any atom is 0.269 e. The number of nitrogens with one attached hydrogen (secondary N) is 1. The first-order chi connectivity index (χ1) is 17.6. The summed E-state index contributed by atoms with van der Waals surface area (Å²) in [6.45, 7) is 4.69. The van der Waals surface area contributed by atoms with Gasteiger partial charge in [-0.3, -0.25) is 14.3 Å². The van der Waals surface area contributed by atoms with Crippen molar-refractivity contribution in [3.8, 4) is 5.75 Å². The molecular formula is C27H26N6O3. The molecule has 4 heterocycles. The Kier molecular flexibility index (Phi) is 5.52. The monoisotopic (exact) mass is 482 g/mol. The van der Waals surface area contributed by atoms with E-state index in [4.69, 9.17) is 4.74 Å². The molecular weight excluding hydrogens is 456 g/mol. The van der Waals surface area contributed by atoms with Gasteiger partial charge in [0.1, 0.15) is 12.4 Å². The average Bonchev–Trinajstić information content (AvgIpc) is 3.53. The maximum absolute atomic E-state index is 13.2. The van der Waals surface area contributed by atoms with Crippen LogP contribution in [0.3, 0.4) is 0 Å². The van der Waals surface area contributed by atoms with Crippen LogP contribution in [0.15, 0.2) is 71.8 Å². The van der Waals surface area contributed by atoms with Gasteiger partial charge in [0.15, 0.2) is 0 Å². The van der Waals surface area contributed by atoms with E-state index in [9.17, 15) is 9.59 Å². The fourth-order valence-corrected chi connectivity index (χ4v) is 5.07. The number of nitrogens with zero attached hydrogens (tertiary/aromatic N) is 5. The first-order valence-electron chi connectivity index (χ1n) is 12.0. The molecule has 1 unspecified atom stereocenters. The van der Waals surface area contributed by atoms with Gasteiger partial charge in [-0.2, -0.15) is 10.2 Å². The average molecular weight is 483 g/mol. The summed E-state index contributed by atoms with van der Waals surface area (Å²) in [5, 5.41) is 10.8. The van der Waals surface area contributed by atoms with Gasteiger partial charge < -0.3 is 14.5 Å². The smallest absolute Gasteiger partial charge is 0.269 e. The van der Waals surface area contributed by atoms with E-state index in [1.54, 1.807) is 25.4 Å². The van der Waals surface area contributed by atoms with Crippen LogP contribution < -0.4 is 15.2 Å². The lowest BCUT2D eigenvalue weighted by Gasteiger charge is -2.28. The number of rotatable bonds is 5.